The van der Waals surface area contributed by atoms with Crippen molar-refractivity contribution >= 4 is 17.9 Å². The number of benzene rings is 3. The van der Waals surface area contributed by atoms with Crippen molar-refractivity contribution < 1.29 is 29.0 Å². The summed E-state index contributed by atoms with van der Waals surface area (Å²) >= 11 is 0. The van der Waals surface area contributed by atoms with Crippen molar-refractivity contribution in [3.63, 3.8) is 0 Å². The number of rotatable bonds is 15. The second-order valence-corrected chi connectivity index (χ2v) is 9.76. The van der Waals surface area contributed by atoms with Gasteiger partial charge in [0.05, 0.1) is 11.1 Å². The molecule has 1 N–H and O–H groups in total. The van der Waals surface area contributed by atoms with E-state index in [1.165, 1.54) is 56.7 Å². The average molecular weight is 531 g/mol. The monoisotopic (exact) mass is 530 g/mol. The van der Waals surface area contributed by atoms with Gasteiger partial charge in [-0.2, -0.15) is 0 Å². The second-order valence-electron chi connectivity index (χ2n) is 9.76. The fraction of sp³-hybridized carbons (Fsp3) is 0.364. The predicted molar refractivity (Wildman–Crippen MR) is 152 cm³/mol. The number of carbonyl (C=O) groups is 3. The zero-order valence-electron chi connectivity index (χ0n) is 22.9. The molecule has 0 aliphatic carbocycles. The molecule has 0 atom stereocenters. The summed E-state index contributed by atoms with van der Waals surface area (Å²) in [6.45, 7) is 4.35. The second kappa shape index (κ2) is 15.5. The highest BCUT2D eigenvalue weighted by atomic mass is 16.5. The van der Waals surface area contributed by atoms with E-state index in [9.17, 15) is 19.5 Å². The predicted octanol–water partition coefficient (Wildman–Crippen LogP) is 8.07. The number of unbranched alkanes of at least 4 members (excludes halogenated alkanes) is 6. The summed E-state index contributed by atoms with van der Waals surface area (Å²) in [4.78, 5) is 37.2. The fourth-order valence-electron chi connectivity index (χ4n) is 4.28. The van der Waals surface area contributed by atoms with Gasteiger partial charge >= 0.3 is 17.9 Å². The first-order valence-corrected chi connectivity index (χ1v) is 13.9. The first kappa shape index (κ1) is 29.6. The van der Waals surface area contributed by atoms with Crippen LogP contribution in [0.4, 0.5) is 0 Å². The number of esters is 2. The summed E-state index contributed by atoms with van der Waals surface area (Å²) in [7, 11) is 0. The van der Waals surface area contributed by atoms with Gasteiger partial charge in [-0.15, -0.1) is 0 Å². The Bertz CT molecular complexity index is 1230. The summed E-state index contributed by atoms with van der Waals surface area (Å²) in [6.07, 6.45) is 11.3. The van der Waals surface area contributed by atoms with Crippen molar-refractivity contribution in [2.45, 2.75) is 78.1 Å². The van der Waals surface area contributed by atoms with Crippen LogP contribution in [0.5, 0.6) is 11.5 Å². The zero-order valence-corrected chi connectivity index (χ0v) is 22.9. The standard InChI is InChI=1S/C33H38O6/c1-3-5-7-9-11-24-13-17-26(18-14-24)32(36)38-28-21-22-30(29(23-28)31(34)35)39-33(37)27-19-15-25(16-20-27)12-10-8-6-4-2/h13-23H,3-12H2,1-2H3,(H,34,35). The Hall–Kier alpha value is -3.93. The van der Waals surface area contributed by atoms with Crippen LogP contribution in [0.1, 0.15) is 107 Å². The highest BCUT2D eigenvalue weighted by Crippen LogP contribution is 2.26. The molecular formula is C33H38O6. The average Bonchev–Trinajstić information content (AvgIpc) is 2.94. The number of hydrogen-bond donors (Lipinski definition) is 1. The topological polar surface area (TPSA) is 89.9 Å². The van der Waals surface area contributed by atoms with E-state index in [0.29, 0.717) is 11.1 Å². The van der Waals surface area contributed by atoms with E-state index in [1.807, 2.05) is 24.3 Å². The number of ether oxygens (including phenoxy) is 2. The number of hydrogen-bond acceptors (Lipinski definition) is 5. The Morgan fingerprint density at radius 2 is 1.10 bits per heavy atom. The van der Waals surface area contributed by atoms with Crippen LogP contribution in [-0.4, -0.2) is 23.0 Å². The lowest BCUT2D eigenvalue weighted by atomic mass is 10.0. The molecule has 0 aromatic heterocycles. The van der Waals surface area contributed by atoms with Crippen molar-refractivity contribution in [2.24, 2.45) is 0 Å². The molecule has 0 aliphatic rings. The van der Waals surface area contributed by atoms with Crippen molar-refractivity contribution in [3.8, 4) is 11.5 Å². The molecule has 0 fully saturated rings. The van der Waals surface area contributed by atoms with Crippen LogP contribution >= 0.6 is 0 Å². The lowest BCUT2D eigenvalue weighted by Gasteiger charge is -2.11. The fourth-order valence-corrected chi connectivity index (χ4v) is 4.28. The number of aromatic carboxylic acids is 1. The molecule has 3 aromatic rings. The third kappa shape index (κ3) is 9.40. The SMILES string of the molecule is CCCCCCc1ccc(C(=O)Oc2ccc(OC(=O)c3ccc(CCCCCC)cc3)c(C(=O)O)c2)cc1. The van der Waals surface area contributed by atoms with Crippen LogP contribution < -0.4 is 9.47 Å². The van der Waals surface area contributed by atoms with E-state index in [4.69, 9.17) is 9.47 Å². The molecule has 6 heteroatoms. The van der Waals surface area contributed by atoms with Crippen LogP contribution in [0.2, 0.25) is 0 Å². The van der Waals surface area contributed by atoms with Gasteiger partial charge in [-0.25, -0.2) is 14.4 Å². The Morgan fingerprint density at radius 3 is 1.56 bits per heavy atom. The Balaban J connectivity index is 1.61. The van der Waals surface area contributed by atoms with Gasteiger partial charge in [0.15, 0.2) is 0 Å². The van der Waals surface area contributed by atoms with Crippen molar-refractivity contribution in [3.05, 3.63) is 94.5 Å². The van der Waals surface area contributed by atoms with Crippen molar-refractivity contribution in [2.75, 3.05) is 0 Å². The molecule has 0 amide bonds. The molecule has 3 rings (SSSR count). The smallest absolute Gasteiger partial charge is 0.343 e. The minimum absolute atomic E-state index is 0.0493. The summed E-state index contributed by atoms with van der Waals surface area (Å²) in [5.74, 6) is -2.62. The molecule has 39 heavy (non-hydrogen) atoms. The van der Waals surface area contributed by atoms with Gasteiger partial charge in [0.2, 0.25) is 0 Å². The Morgan fingerprint density at radius 1 is 0.615 bits per heavy atom. The molecule has 0 aliphatic heterocycles. The van der Waals surface area contributed by atoms with Gasteiger partial charge < -0.3 is 14.6 Å². The van der Waals surface area contributed by atoms with Crippen LogP contribution in [0.3, 0.4) is 0 Å². The Labute approximate surface area is 231 Å². The minimum Gasteiger partial charge on any atom is -0.478 e. The quantitative estimate of drug-likeness (QED) is 0.121. The number of carboxylic acids is 1. The summed E-state index contributed by atoms with van der Waals surface area (Å²) in [5, 5.41) is 9.68. The van der Waals surface area contributed by atoms with E-state index in [1.54, 1.807) is 24.3 Å². The van der Waals surface area contributed by atoms with Gasteiger partial charge in [-0.05, 0) is 79.3 Å². The minimum atomic E-state index is -1.30. The van der Waals surface area contributed by atoms with Gasteiger partial charge in [0.1, 0.15) is 17.1 Å². The summed E-state index contributed by atoms with van der Waals surface area (Å²) < 4.78 is 10.8. The highest BCUT2D eigenvalue weighted by molar-refractivity contribution is 5.96. The summed E-state index contributed by atoms with van der Waals surface area (Å²) in [5.41, 5.74) is 2.72. The van der Waals surface area contributed by atoms with Crippen LogP contribution in [0.25, 0.3) is 0 Å². The zero-order chi connectivity index (χ0) is 28.0. The van der Waals surface area contributed by atoms with E-state index >= 15 is 0 Å². The molecule has 0 radical (unpaired) electrons. The first-order valence-electron chi connectivity index (χ1n) is 13.9. The molecule has 0 saturated carbocycles. The molecular weight excluding hydrogens is 492 g/mol. The molecule has 3 aromatic carbocycles. The molecule has 0 saturated heterocycles. The maximum atomic E-state index is 12.7. The molecule has 0 unspecified atom stereocenters. The van der Waals surface area contributed by atoms with Crippen LogP contribution in [0, 0.1) is 0 Å². The number of aryl methyl sites for hydroxylation is 2. The maximum absolute atomic E-state index is 12.7. The lowest BCUT2D eigenvalue weighted by Crippen LogP contribution is -2.13. The summed E-state index contributed by atoms with van der Waals surface area (Å²) in [6, 6.07) is 18.3. The molecule has 0 spiro atoms. The van der Waals surface area contributed by atoms with Crippen molar-refractivity contribution in [1.82, 2.24) is 0 Å². The molecule has 0 bridgehead atoms. The third-order valence-corrected chi connectivity index (χ3v) is 6.61. The first-order chi connectivity index (χ1) is 18.9. The van der Waals surface area contributed by atoms with Crippen LogP contribution in [-0.2, 0) is 12.8 Å². The van der Waals surface area contributed by atoms with Crippen LogP contribution in [0.15, 0.2) is 66.7 Å². The highest BCUT2D eigenvalue weighted by Gasteiger charge is 2.19. The van der Waals surface area contributed by atoms with Gasteiger partial charge in [0, 0.05) is 0 Å². The number of carboxylic acid groups (broad SMARTS) is 1. The van der Waals surface area contributed by atoms with E-state index in [-0.39, 0.29) is 17.1 Å². The molecule has 0 heterocycles. The largest absolute Gasteiger partial charge is 0.478 e. The molecule has 206 valence electrons. The van der Waals surface area contributed by atoms with E-state index < -0.39 is 17.9 Å². The van der Waals surface area contributed by atoms with E-state index in [2.05, 4.69) is 13.8 Å². The lowest BCUT2D eigenvalue weighted by molar-refractivity contribution is 0.0670. The van der Waals surface area contributed by atoms with Gasteiger partial charge in [0.25, 0.3) is 0 Å². The third-order valence-electron chi connectivity index (χ3n) is 6.61. The maximum Gasteiger partial charge on any atom is 0.343 e. The Kier molecular flexibility index (Phi) is 11.8. The van der Waals surface area contributed by atoms with Gasteiger partial charge in [-0.3, -0.25) is 0 Å². The van der Waals surface area contributed by atoms with Gasteiger partial charge in [-0.1, -0.05) is 76.6 Å². The van der Waals surface area contributed by atoms with Crippen molar-refractivity contribution in [1.29, 1.82) is 0 Å². The number of carbonyl (C=O) groups excluding carboxylic acids is 2. The molecule has 6 nitrogen and oxygen atoms in total. The van der Waals surface area contributed by atoms with E-state index in [0.717, 1.165) is 36.8 Å². The normalized spacial score (nSPS) is 10.7.